The van der Waals surface area contributed by atoms with E-state index in [9.17, 15) is 0 Å². The van der Waals surface area contributed by atoms with Gasteiger partial charge in [0.1, 0.15) is 0 Å². The van der Waals surface area contributed by atoms with Crippen molar-refractivity contribution in [1.29, 1.82) is 0 Å². The topological polar surface area (TPSA) is 11.4 Å². The van der Waals surface area contributed by atoms with Crippen LogP contribution < -0.4 is 46.9 Å². The molecule has 0 fully saturated rings. The van der Waals surface area contributed by atoms with Crippen LogP contribution in [0.4, 0.5) is 34.1 Å². The fourth-order valence-corrected chi connectivity index (χ4v) is 24.0. The van der Waals surface area contributed by atoms with Crippen molar-refractivity contribution >= 4 is 108 Å². The highest BCUT2D eigenvalue weighted by atomic mass is 28.3. The van der Waals surface area contributed by atoms with Gasteiger partial charge in [-0.3, -0.25) is 0 Å². The molecular formula is C116H98BN3Si. The molecule has 0 bridgehead atoms. The molecule has 3 heterocycles. The van der Waals surface area contributed by atoms with Gasteiger partial charge in [-0.2, -0.15) is 0 Å². The van der Waals surface area contributed by atoms with Crippen LogP contribution in [0.5, 0.6) is 0 Å². The van der Waals surface area contributed by atoms with Gasteiger partial charge in [-0.15, -0.1) is 0 Å². The standard InChI is InChI=1S/C116H98BN3Si/c1-77-53-62-105-101(65-77)102-66-78(2)54-63-106(102)118(105)92-58-61-103-108(76-92)120(113-98(83-41-25-15-26-42-83)71-90(115(6,7)8)73-100(113)88-46-34-44-85(68-88)80-37-21-13-22-38-80)110-75-91(116(9,10)11)74-109-111(110)117(103)104-69-86(81-55-59-96(60-56-81)121(93-47-27-16-28-48-93,94-49-29-17-30-50-94)95-51-31-18-32-52-95)57-64-107(104)119(109)112-97(82-39-23-14-24-40-82)70-89(114(3,4)5)72-99(112)87-45-33-43-84(67-87)79-35-19-12-20-36-79/h12-76H,1-11H3/i1D3,2D3. The Morgan fingerprint density at radius 1 is 0.256 bits per heavy atom. The fourth-order valence-electron chi connectivity index (χ4n) is 19.2. The molecule has 17 aromatic carbocycles. The number of hydrogen-bond acceptors (Lipinski definition) is 2. The highest BCUT2D eigenvalue weighted by molar-refractivity contribution is 7.20. The quantitative estimate of drug-likeness (QED) is 0.0794. The Kier molecular flexibility index (Phi) is 17.2. The molecule has 0 saturated carbocycles. The summed E-state index contributed by atoms with van der Waals surface area (Å²) in [4.78, 5) is 5.31. The second kappa shape index (κ2) is 30.0. The summed E-state index contributed by atoms with van der Waals surface area (Å²) in [5, 5.41) is 6.48. The van der Waals surface area contributed by atoms with Gasteiger partial charge in [-0.05, 0) is 230 Å². The Hall–Kier alpha value is -13.6. The number of aryl methyl sites for hydroxylation is 2. The molecule has 2 aliphatic heterocycles. The predicted molar refractivity (Wildman–Crippen MR) is 522 cm³/mol. The predicted octanol–water partition coefficient (Wildman–Crippen LogP) is 26.4. The van der Waals surface area contributed by atoms with Crippen LogP contribution in [0.2, 0.25) is 0 Å². The monoisotopic (exact) mass is 1580 g/mol. The maximum absolute atomic E-state index is 8.80. The van der Waals surface area contributed by atoms with Crippen molar-refractivity contribution in [3.63, 3.8) is 0 Å². The minimum Gasteiger partial charge on any atom is -0.310 e. The van der Waals surface area contributed by atoms with E-state index < -0.39 is 33.9 Å². The molecule has 5 heteroatoms. The van der Waals surface area contributed by atoms with Gasteiger partial charge in [-0.25, -0.2) is 0 Å². The molecule has 0 amide bonds. The van der Waals surface area contributed by atoms with Crippen molar-refractivity contribution in [1.82, 2.24) is 4.57 Å². The minimum absolute atomic E-state index is 0.170. The molecule has 20 rings (SSSR count). The van der Waals surface area contributed by atoms with Crippen LogP contribution in [0, 0.1) is 13.7 Å². The van der Waals surface area contributed by atoms with Gasteiger partial charge in [0.05, 0.1) is 22.4 Å². The highest BCUT2D eigenvalue weighted by Crippen LogP contribution is 2.56. The summed E-state index contributed by atoms with van der Waals surface area (Å²) >= 11 is 0. The first kappa shape index (κ1) is 69.4. The van der Waals surface area contributed by atoms with E-state index in [1.54, 1.807) is 24.3 Å². The molecule has 0 radical (unpaired) electrons. The zero-order valence-electron chi connectivity index (χ0n) is 75.9. The Labute approximate surface area is 723 Å². The van der Waals surface area contributed by atoms with Crippen molar-refractivity contribution in [3.8, 4) is 83.6 Å². The van der Waals surface area contributed by atoms with E-state index in [0.29, 0.717) is 10.8 Å². The van der Waals surface area contributed by atoms with Gasteiger partial charge < -0.3 is 14.4 Å². The number of rotatable bonds is 14. The van der Waals surface area contributed by atoms with Crippen LogP contribution in [-0.2, 0) is 16.2 Å². The van der Waals surface area contributed by atoms with Crippen LogP contribution in [0.1, 0.15) is 98.4 Å². The maximum Gasteiger partial charge on any atom is 0.252 e. The Balaban J connectivity index is 0.947. The van der Waals surface area contributed by atoms with Gasteiger partial charge in [0.2, 0.25) is 0 Å². The molecule has 584 valence electrons. The molecule has 0 aliphatic carbocycles. The van der Waals surface area contributed by atoms with Gasteiger partial charge in [0.25, 0.3) is 6.71 Å². The van der Waals surface area contributed by atoms with E-state index in [2.05, 4.69) is 435 Å². The molecule has 0 atom stereocenters. The first-order valence-corrected chi connectivity index (χ1v) is 44.4. The average molecular weight is 1580 g/mol. The summed E-state index contributed by atoms with van der Waals surface area (Å²) in [5.74, 6) is 0. The van der Waals surface area contributed by atoms with Gasteiger partial charge >= 0.3 is 0 Å². The van der Waals surface area contributed by atoms with E-state index in [0.717, 1.165) is 151 Å². The Morgan fingerprint density at radius 3 is 1.02 bits per heavy atom. The van der Waals surface area contributed by atoms with Crippen molar-refractivity contribution in [2.24, 2.45) is 0 Å². The summed E-state index contributed by atoms with van der Waals surface area (Å²) in [6.45, 7) is 15.7. The third-order valence-corrected chi connectivity index (χ3v) is 30.1. The molecule has 3 nitrogen and oxygen atoms in total. The number of anilines is 6. The number of hydrogen-bond donors (Lipinski definition) is 0. The molecule has 1 aromatic heterocycles. The number of aromatic nitrogens is 1. The van der Waals surface area contributed by atoms with Crippen LogP contribution >= 0.6 is 0 Å². The van der Waals surface area contributed by atoms with Crippen LogP contribution in [0.3, 0.4) is 0 Å². The smallest absolute Gasteiger partial charge is 0.252 e. The van der Waals surface area contributed by atoms with E-state index >= 15 is 0 Å². The first-order valence-electron chi connectivity index (χ1n) is 45.4. The summed E-state index contributed by atoms with van der Waals surface area (Å²) in [6.07, 6.45) is 0. The second-order valence-electron chi connectivity index (χ2n) is 36.0. The Bertz CT molecular complexity index is 7090. The minimum atomic E-state index is -2.96. The Morgan fingerprint density at radius 2 is 0.603 bits per heavy atom. The van der Waals surface area contributed by atoms with E-state index in [4.69, 9.17) is 8.22 Å². The van der Waals surface area contributed by atoms with E-state index in [1.807, 2.05) is 12.1 Å². The first-order chi connectivity index (χ1) is 61.1. The maximum atomic E-state index is 8.80. The number of fused-ring (bicyclic) bond motifs is 7. The molecule has 0 spiro atoms. The third kappa shape index (κ3) is 13.4. The molecule has 0 N–H and O–H groups in total. The van der Waals surface area contributed by atoms with Crippen molar-refractivity contribution in [2.75, 3.05) is 9.80 Å². The lowest BCUT2D eigenvalue weighted by Gasteiger charge is -2.47. The van der Waals surface area contributed by atoms with Crippen molar-refractivity contribution in [2.45, 2.75) is 92.3 Å². The highest BCUT2D eigenvalue weighted by Gasteiger charge is 2.48. The third-order valence-electron chi connectivity index (χ3n) is 25.3. The number of nitrogens with zero attached hydrogens (tertiary/aromatic N) is 3. The van der Waals surface area contributed by atoms with Crippen molar-refractivity contribution in [3.05, 3.63) is 422 Å². The van der Waals surface area contributed by atoms with Gasteiger partial charge in [0, 0.05) is 69.7 Å². The van der Waals surface area contributed by atoms with E-state index in [1.165, 1.54) is 31.9 Å². The summed E-state index contributed by atoms with van der Waals surface area (Å²) < 4.78 is 55.0. The molecular weight excluding hydrogens is 1470 g/mol. The van der Waals surface area contributed by atoms with Crippen LogP contribution in [0.25, 0.3) is 105 Å². The molecule has 0 unspecified atom stereocenters. The largest absolute Gasteiger partial charge is 0.310 e. The zero-order chi connectivity index (χ0) is 87.6. The van der Waals surface area contributed by atoms with E-state index in [-0.39, 0.29) is 22.0 Å². The summed E-state index contributed by atoms with van der Waals surface area (Å²) in [6, 6.07) is 145. The average Bonchev–Trinajstić information content (AvgIpc) is 0.841. The van der Waals surface area contributed by atoms with Crippen molar-refractivity contribution < 1.29 is 8.22 Å². The fraction of sp³-hybridized carbons (Fsp3) is 0.121. The normalized spacial score (nSPS) is 13.6. The van der Waals surface area contributed by atoms with Crippen LogP contribution in [0.15, 0.2) is 394 Å². The summed E-state index contributed by atoms with van der Waals surface area (Å²) in [7, 11) is -2.96. The molecule has 121 heavy (non-hydrogen) atoms. The van der Waals surface area contributed by atoms with Crippen LogP contribution in [-0.4, -0.2) is 19.4 Å². The number of benzene rings is 17. The lowest BCUT2D eigenvalue weighted by molar-refractivity contribution is 0.590. The lowest BCUT2D eigenvalue weighted by Crippen LogP contribution is -2.74. The molecule has 0 saturated heterocycles. The summed E-state index contributed by atoms with van der Waals surface area (Å²) in [5.41, 5.74) is 29.7. The molecule has 18 aromatic rings. The lowest BCUT2D eigenvalue weighted by atomic mass is 9.33. The molecule has 2 aliphatic rings. The zero-order valence-corrected chi connectivity index (χ0v) is 70.9. The second-order valence-corrected chi connectivity index (χ2v) is 39.8. The van der Waals surface area contributed by atoms with Gasteiger partial charge in [-0.1, -0.05) is 377 Å². The van der Waals surface area contributed by atoms with Gasteiger partial charge in [0.15, 0.2) is 8.07 Å². The SMILES string of the molecule is [2H]C([2H])([2H])c1ccc2c(c1)c1cc(C([2H])([2H])[2H])ccc1n2-c1ccc2c(c1)N(c1c(-c3ccccc3)cc(C(C)(C)C)cc1-c1cccc(-c3ccccc3)c1)c1cc(C(C)(C)C)cc3c1B2c1cc(-c2ccc([Si](c4ccccc4)(c4ccccc4)c4ccccc4)cc2)ccc1N3c1c(-c2ccccc2)cc(C(C)(C)C)cc1-c1cccc(-c2ccccc2)c1.